The summed E-state index contributed by atoms with van der Waals surface area (Å²) in [7, 11) is 0. The van der Waals surface area contributed by atoms with Crippen molar-refractivity contribution >= 4 is 5.91 Å². The molecule has 19 nitrogen and oxygen atoms in total. The van der Waals surface area contributed by atoms with Crippen molar-refractivity contribution in [3.8, 4) is 0 Å². The third-order valence-corrected chi connectivity index (χ3v) is 22.0. The average Bonchev–Trinajstić information content (AvgIpc) is 0.779. The third kappa shape index (κ3) is 47.4. The standard InChI is InChI=1S/C89H163NO18/c1-3-5-7-9-11-13-15-17-19-21-23-25-27-29-31-32-33-34-35-36-37-38-39-40-41-43-45-47-49-51-53-55-57-59-61-63-65-67-77(95)90-72(73(94)66-64-62-60-58-56-54-52-50-48-46-44-42-30-28-26-24-22-20-18-16-14-12-10-8-6-4-2)71-103-87-83(101)80(98)85(75(69-92)105-87)108-89-84(102)81(99)86(76(70-93)106-89)107-88-82(100)79(97)78(96)74(68-91)104-88/h15,17,21,23,48,50,56,58,64,66,72-76,78-89,91-94,96-102H,3-14,16,18-20,22,24-47,49,51-55,57,59-63,65,67-71H2,1-2H3,(H,90,95)/b17-15-,23-21-,50-48+,58-56+,66-64+. The Hall–Kier alpha value is -2.51. The summed E-state index contributed by atoms with van der Waals surface area (Å²) in [5.74, 6) is -0.283. The van der Waals surface area contributed by atoms with E-state index in [2.05, 4.69) is 67.8 Å². The van der Waals surface area contributed by atoms with Gasteiger partial charge in [0, 0.05) is 6.42 Å². The SMILES string of the molecule is CCCCCCC/C=C\C/C=C\CCCCCCCCCCCCCCCCCCCCCCCCCCCC(=O)NC(COC1OC(CO)C(OC2OC(CO)C(OC3OC(CO)C(O)C(O)C3O)C(O)C2O)C(O)C1O)C(O)/C=C/CC/C=C/CC/C=C/CCCCCCCCCCCCCCCCCC. The monoisotopic (exact) mass is 1530 g/mol. The fourth-order valence-corrected chi connectivity index (χ4v) is 14.9. The highest BCUT2D eigenvalue weighted by atomic mass is 16.8. The molecule has 632 valence electrons. The van der Waals surface area contributed by atoms with Crippen LogP contribution in [0.2, 0.25) is 0 Å². The maximum absolute atomic E-state index is 13.5. The minimum Gasteiger partial charge on any atom is -0.394 e. The molecule has 17 atom stereocenters. The lowest BCUT2D eigenvalue weighted by atomic mass is 9.96. The zero-order valence-corrected chi connectivity index (χ0v) is 68.1. The van der Waals surface area contributed by atoms with Gasteiger partial charge in [-0.1, -0.05) is 344 Å². The van der Waals surface area contributed by atoms with Gasteiger partial charge >= 0.3 is 0 Å². The molecule has 0 radical (unpaired) electrons. The van der Waals surface area contributed by atoms with Crippen LogP contribution in [0.1, 0.15) is 367 Å². The second-order valence-electron chi connectivity index (χ2n) is 31.7. The molecule has 0 aromatic rings. The fourth-order valence-electron chi connectivity index (χ4n) is 14.9. The number of carbonyl (C=O) groups is 1. The van der Waals surface area contributed by atoms with E-state index in [0.29, 0.717) is 12.8 Å². The van der Waals surface area contributed by atoms with E-state index < -0.39 is 124 Å². The topological polar surface area (TPSA) is 307 Å². The Balaban J connectivity index is 1.33. The van der Waals surface area contributed by atoms with E-state index in [1.165, 1.54) is 283 Å². The van der Waals surface area contributed by atoms with E-state index in [9.17, 15) is 61.0 Å². The predicted molar refractivity (Wildman–Crippen MR) is 434 cm³/mol. The molecule has 3 rings (SSSR count). The second-order valence-corrected chi connectivity index (χ2v) is 31.7. The molecule has 3 heterocycles. The molecule has 108 heavy (non-hydrogen) atoms. The van der Waals surface area contributed by atoms with E-state index in [1.54, 1.807) is 6.08 Å². The average molecular weight is 1540 g/mol. The van der Waals surface area contributed by atoms with Crippen LogP contribution >= 0.6 is 0 Å². The molecule has 0 aromatic heterocycles. The van der Waals surface area contributed by atoms with Gasteiger partial charge in [0.15, 0.2) is 18.9 Å². The lowest BCUT2D eigenvalue weighted by molar-refractivity contribution is -0.379. The van der Waals surface area contributed by atoms with Gasteiger partial charge in [0.1, 0.15) is 73.2 Å². The molecule has 0 aromatic carbocycles. The van der Waals surface area contributed by atoms with Gasteiger partial charge in [-0.25, -0.2) is 0 Å². The lowest BCUT2D eigenvalue weighted by Gasteiger charge is -2.48. The van der Waals surface area contributed by atoms with Crippen LogP contribution in [-0.4, -0.2) is 193 Å². The highest BCUT2D eigenvalue weighted by Gasteiger charge is 2.54. The first kappa shape index (κ1) is 99.7. The first-order chi connectivity index (χ1) is 52.8. The van der Waals surface area contributed by atoms with Crippen molar-refractivity contribution in [2.75, 3.05) is 26.4 Å². The van der Waals surface area contributed by atoms with E-state index in [-0.39, 0.29) is 18.9 Å². The maximum atomic E-state index is 13.5. The molecular weight excluding hydrogens is 1370 g/mol. The Labute approximate surface area is 656 Å². The number of carbonyl (C=O) groups excluding carboxylic acids is 1. The van der Waals surface area contributed by atoms with Gasteiger partial charge in [-0.05, 0) is 77.0 Å². The first-order valence-corrected chi connectivity index (χ1v) is 44.5. The van der Waals surface area contributed by atoms with Crippen LogP contribution in [0.5, 0.6) is 0 Å². The van der Waals surface area contributed by atoms with Crippen molar-refractivity contribution < 1.29 is 89.4 Å². The summed E-state index contributed by atoms with van der Waals surface area (Å²) >= 11 is 0. The number of allylic oxidation sites excluding steroid dienone is 9. The van der Waals surface area contributed by atoms with Crippen LogP contribution in [0.4, 0.5) is 0 Å². The van der Waals surface area contributed by atoms with Crippen molar-refractivity contribution in [3.63, 3.8) is 0 Å². The van der Waals surface area contributed by atoms with Crippen LogP contribution in [0.3, 0.4) is 0 Å². The molecule has 17 unspecified atom stereocenters. The Morgan fingerprint density at radius 2 is 0.620 bits per heavy atom. The van der Waals surface area contributed by atoms with E-state index >= 15 is 0 Å². The number of ether oxygens (including phenoxy) is 6. The molecule has 3 saturated heterocycles. The summed E-state index contributed by atoms with van der Waals surface area (Å²) in [5.41, 5.74) is 0. The normalized spacial score (nSPS) is 25.7. The molecule has 0 bridgehead atoms. The zero-order valence-electron chi connectivity index (χ0n) is 68.1. The molecule has 3 fully saturated rings. The quantitative estimate of drug-likeness (QED) is 0.0199. The van der Waals surface area contributed by atoms with Gasteiger partial charge < -0.3 is 89.9 Å². The Morgan fingerprint density at radius 1 is 0.333 bits per heavy atom. The number of aliphatic hydroxyl groups excluding tert-OH is 11. The summed E-state index contributed by atoms with van der Waals surface area (Å²) in [5, 5.41) is 121. The van der Waals surface area contributed by atoms with Gasteiger partial charge in [0.2, 0.25) is 5.91 Å². The molecule has 0 spiro atoms. The van der Waals surface area contributed by atoms with Crippen LogP contribution < -0.4 is 5.32 Å². The Bertz CT molecular complexity index is 2180. The smallest absolute Gasteiger partial charge is 0.220 e. The van der Waals surface area contributed by atoms with E-state index in [0.717, 1.165) is 51.4 Å². The van der Waals surface area contributed by atoms with Crippen LogP contribution in [0.15, 0.2) is 60.8 Å². The number of amides is 1. The molecule has 0 aliphatic carbocycles. The molecule has 3 aliphatic heterocycles. The first-order valence-electron chi connectivity index (χ1n) is 44.5. The number of unbranched alkanes of at least 4 members (excludes halogenated alkanes) is 48. The van der Waals surface area contributed by atoms with Crippen molar-refractivity contribution in [1.29, 1.82) is 0 Å². The maximum Gasteiger partial charge on any atom is 0.220 e. The van der Waals surface area contributed by atoms with E-state index in [4.69, 9.17) is 28.4 Å². The largest absolute Gasteiger partial charge is 0.394 e. The molecule has 12 N–H and O–H groups in total. The summed E-state index contributed by atoms with van der Waals surface area (Å²) in [6.45, 7) is 1.75. The van der Waals surface area contributed by atoms with Crippen LogP contribution in [0, 0.1) is 0 Å². The zero-order chi connectivity index (χ0) is 78.1. The Morgan fingerprint density at radius 3 is 0.981 bits per heavy atom. The van der Waals surface area contributed by atoms with Crippen molar-refractivity contribution in [2.24, 2.45) is 0 Å². The van der Waals surface area contributed by atoms with Gasteiger partial charge in [-0.3, -0.25) is 4.79 Å². The highest BCUT2D eigenvalue weighted by molar-refractivity contribution is 5.76. The van der Waals surface area contributed by atoms with Crippen LogP contribution in [-0.2, 0) is 33.2 Å². The third-order valence-electron chi connectivity index (χ3n) is 22.0. The minimum absolute atomic E-state index is 0.234. The second kappa shape index (κ2) is 68.9. The molecule has 19 heteroatoms. The highest BCUT2D eigenvalue weighted by Crippen LogP contribution is 2.33. The summed E-state index contributed by atoms with van der Waals surface area (Å²) in [6.07, 6.45) is 63.8. The Kier molecular flexibility index (Phi) is 63.6. The summed E-state index contributed by atoms with van der Waals surface area (Å²) < 4.78 is 34.5. The van der Waals surface area contributed by atoms with Crippen molar-refractivity contribution in [2.45, 2.75) is 471 Å². The lowest BCUT2D eigenvalue weighted by Crippen LogP contribution is -2.66. The van der Waals surface area contributed by atoms with Gasteiger partial charge in [0.05, 0.1) is 38.6 Å². The molecule has 3 aliphatic rings. The van der Waals surface area contributed by atoms with Crippen molar-refractivity contribution in [1.82, 2.24) is 5.32 Å². The van der Waals surface area contributed by atoms with Crippen molar-refractivity contribution in [3.05, 3.63) is 60.8 Å². The number of nitrogens with one attached hydrogen (secondary N) is 1. The van der Waals surface area contributed by atoms with Gasteiger partial charge in [-0.15, -0.1) is 0 Å². The molecular formula is C89H163NO18. The van der Waals surface area contributed by atoms with E-state index in [1.807, 2.05) is 6.08 Å². The van der Waals surface area contributed by atoms with Crippen LogP contribution in [0.25, 0.3) is 0 Å². The van der Waals surface area contributed by atoms with Gasteiger partial charge in [0.25, 0.3) is 0 Å². The molecule has 1 amide bonds. The minimum atomic E-state index is -1.98. The summed E-state index contributed by atoms with van der Waals surface area (Å²) in [6, 6.07) is -0.999. The number of rotatable bonds is 72. The predicted octanol–water partition coefficient (Wildman–Crippen LogP) is 16.6. The van der Waals surface area contributed by atoms with Gasteiger partial charge in [-0.2, -0.15) is 0 Å². The fraction of sp³-hybridized carbons (Fsp3) is 0.876. The number of hydrogen-bond acceptors (Lipinski definition) is 18. The number of hydrogen-bond donors (Lipinski definition) is 12. The summed E-state index contributed by atoms with van der Waals surface area (Å²) in [4.78, 5) is 13.5. The molecule has 0 saturated carbocycles. The number of aliphatic hydroxyl groups is 11.